The zero-order valence-corrected chi connectivity index (χ0v) is 12.8. The summed E-state index contributed by atoms with van der Waals surface area (Å²) in [6, 6.07) is 13.1. The van der Waals surface area contributed by atoms with Crippen LogP contribution in [0.5, 0.6) is 0 Å². The van der Waals surface area contributed by atoms with Gasteiger partial charge in [0, 0.05) is 23.4 Å². The van der Waals surface area contributed by atoms with E-state index in [1.807, 2.05) is 0 Å². The molecule has 1 aliphatic rings. The Labute approximate surface area is 133 Å². The van der Waals surface area contributed by atoms with Gasteiger partial charge in [0.1, 0.15) is 11.7 Å². The third kappa shape index (κ3) is 2.97. The molecule has 4 heteroatoms. The van der Waals surface area contributed by atoms with Crippen LogP contribution in [0.25, 0.3) is 0 Å². The van der Waals surface area contributed by atoms with E-state index in [9.17, 15) is 14.0 Å². The van der Waals surface area contributed by atoms with Crippen molar-refractivity contribution in [2.75, 3.05) is 6.54 Å². The lowest BCUT2D eigenvalue weighted by atomic mass is 9.99. The Morgan fingerprint density at radius 3 is 2.13 bits per heavy atom. The molecule has 0 saturated heterocycles. The predicted octanol–water partition coefficient (Wildman–Crippen LogP) is 3.52. The van der Waals surface area contributed by atoms with E-state index in [1.54, 1.807) is 43.3 Å². The molecule has 2 aromatic carbocycles. The maximum atomic E-state index is 12.9. The molecule has 2 aromatic rings. The highest BCUT2D eigenvalue weighted by Gasteiger charge is 2.39. The molecule has 0 amide bonds. The Kier molecular flexibility index (Phi) is 4.15. The summed E-state index contributed by atoms with van der Waals surface area (Å²) in [5, 5.41) is 0. The topological polar surface area (TPSA) is 46.5 Å². The van der Waals surface area contributed by atoms with Crippen molar-refractivity contribution >= 4 is 17.3 Å². The van der Waals surface area contributed by atoms with Crippen molar-refractivity contribution in [3.63, 3.8) is 0 Å². The number of ketones is 2. The fraction of sp³-hybridized carbons (Fsp3) is 0.211. The molecule has 0 aliphatic heterocycles. The van der Waals surface area contributed by atoms with Gasteiger partial charge in [-0.15, -0.1) is 0 Å². The van der Waals surface area contributed by atoms with Crippen LogP contribution in [0.15, 0.2) is 53.5 Å². The van der Waals surface area contributed by atoms with Crippen LogP contribution in [0.1, 0.15) is 33.2 Å². The number of aliphatic imine (C=N–C) groups is 1. The summed E-state index contributed by atoms with van der Waals surface area (Å²) >= 11 is 0. The van der Waals surface area contributed by atoms with Gasteiger partial charge in [-0.05, 0) is 31.0 Å². The molecule has 0 atom stereocenters. The van der Waals surface area contributed by atoms with Gasteiger partial charge in [0.2, 0.25) is 0 Å². The number of fused-ring (bicyclic) bond motifs is 1. The van der Waals surface area contributed by atoms with E-state index in [2.05, 4.69) is 4.99 Å². The van der Waals surface area contributed by atoms with E-state index >= 15 is 0 Å². The van der Waals surface area contributed by atoms with Gasteiger partial charge in [-0.25, -0.2) is 4.39 Å². The van der Waals surface area contributed by atoms with Crippen molar-refractivity contribution < 1.29 is 14.0 Å². The molecule has 116 valence electrons. The second kappa shape index (κ2) is 6.24. The second-order valence-corrected chi connectivity index (χ2v) is 5.61. The first-order chi connectivity index (χ1) is 11.1. The van der Waals surface area contributed by atoms with Gasteiger partial charge in [0.25, 0.3) is 0 Å². The molecule has 3 rings (SSSR count). The average Bonchev–Trinajstić information content (AvgIpc) is 2.81. The van der Waals surface area contributed by atoms with Crippen molar-refractivity contribution in [3.8, 4) is 0 Å². The maximum Gasteiger partial charge on any atom is 0.180 e. The molecular formula is C19H16FNO2. The number of Topliss-reactive ketones (excluding diaryl/α,β-unsaturated/α-hetero) is 2. The Bertz CT molecular complexity index is 758. The SMILES string of the molecule is CC(=NCCc1ccc(F)cc1)C1C(=O)c2ccccc2C1=O. The Balaban J connectivity index is 1.71. The van der Waals surface area contributed by atoms with Crippen molar-refractivity contribution in [1.82, 2.24) is 0 Å². The lowest BCUT2D eigenvalue weighted by molar-refractivity contribution is 0.0883. The van der Waals surface area contributed by atoms with Crippen LogP contribution < -0.4 is 0 Å². The molecule has 0 spiro atoms. The van der Waals surface area contributed by atoms with Gasteiger partial charge < -0.3 is 0 Å². The van der Waals surface area contributed by atoms with Gasteiger partial charge >= 0.3 is 0 Å². The first-order valence-electron chi connectivity index (χ1n) is 7.51. The average molecular weight is 309 g/mol. The Morgan fingerprint density at radius 2 is 1.57 bits per heavy atom. The number of hydrogen-bond acceptors (Lipinski definition) is 3. The van der Waals surface area contributed by atoms with Crippen molar-refractivity contribution in [3.05, 3.63) is 71.0 Å². The number of rotatable bonds is 4. The minimum absolute atomic E-state index is 0.173. The quantitative estimate of drug-likeness (QED) is 0.641. The van der Waals surface area contributed by atoms with Gasteiger partial charge in [-0.2, -0.15) is 0 Å². The van der Waals surface area contributed by atoms with Gasteiger partial charge in [-0.1, -0.05) is 36.4 Å². The van der Waals surface area contributed by atoms with Crippen molar-refractivity contribution in [1.29, 1.82) is 0 Å². The molecule has 0 unspecified atom stereocenters. The minimum Gasteiger partial charge on any atom is -0.293 e. The number of nitrogens with zero attached hydrogens (tertiary/aromatic N) is 1. The van der Waals surface area contributed by atoms with Crippen LogP contribution in [0.4, 0.5) is 4.39 Å². The fourth-order valence-electron chi connectivity index (χ4n) is 2.83. The third-order valence-electron chi connectivity index (χ3n) is 4.08. The van der Waals surface area contributed by atoms with E-state index in [4.69, 9.17) is 0 Å². The standard InChI is InChI=1S/C19H16FNO2/c1-12(21-11-10-13-6-8-14(20)9-7-13)17-18(22)15-4-2-3-5-16(15)19(17)23/h2-9,17H,10-11H2,1H3. The number of benzene rings is 2. The summed E-state index contributed by atoms with van der Waals surface area (Å²) in [4.78, 5) is 29.1. The van der Waals surface area contributed by atoms with Crippen molar-refractivity contribution in [2.45, 2.75) is 13.3 Å². The zero-order chi connectivity index (χ0) is 16.4. The largest absolute Gasteiger partial charge is 0.293 e. The van der Waals surface area contributed by atoms with Gasteiger partial charge in [-0.3, -0.25) is 14.6 Å². The molecule has 0 fully saturated rings. The summed E-state index contributed by atoms with van der Waals surface area (Å²) in [6.07, 6.45) is 0.639. The number of hydrogen-bond donors (Lipinski definition) is 0. The van der Waals surface area contributed by atoms with E-state index in [1.165, 1.54) is 12.1 Å². The maximum absolute atomic E-state index is 12.9. The van der Waals surface area contributed by atoms with E-state index in [-0.39, 0.29) is 17.4 Å². The summed E-state index contributed by atoms with van der Waals surface area (Å²) in [6.45, 7) is 2.18. The number of carbonyl (C=O) groups is 2. The van der Waals surface area contributed by atoms with E-state index < -0.39 is 5.92 Å². The zero-order valence-electron chi connectivity index (χ0n) is 12.8. The van der Waals surface area contributed by atoms with Gasteiger partial charge in [0.05, 0.1) is 0 Å². The molecule has 0 N–H and O–H groups in total. The van der Waals surface area contributed by atoms with Crippen LogP contribution in [0.3, 0.4) is 0 Å². The first kappa shape index (κ1) is 15.3. The Morgan fingerprint density at radius 1 is 1.00 bits per heavy atom. The van der Waals surface area contributed by atoms with Crippen LogP contribution in [-0.4, -0.2) is 23.8 Å². The molecular weight excluding hydrogens is 293 g/mol. The van der Waals surface area contributed by atoms with Crippen molar-refractivity contribution in [2.24, 2.45) is 10.9 Å². The normalized spacial score (nSPS) is 15.1. The number of halogens is 1. The molecule has 3 nitrogen and oxygen atoms in total. The smallest absolute Gasteiger partial charge is 0.180 e. The summed E-state index contributed by atoms with van der Waals surface area (Å²) in [7, 11) is 0. The predicted molar refractivity (Wildman–Crippen MR) is 86.7 cm³/mol. The van der Waals surface area contributed by atoms with E-state index in [0.29, 0.717) is 29.8 Å². The van der Waals surface area contributed by atoms with Crippen LogP contribution in [0.2, 0.25) is 0 Å². The molecule has 0 radical (unpaired) electrons. The molecule has 0 aromatic heterocycles. The summed E-state index contributed by atoms with van der Waals surface area (Å²) < 4.78 is 12.9. The summed E-state index contributed by atoms with van der Waals surface area (Å²) in [5.74, 6) is -1.41. The highest BCUT2D eigenvalue weighted by atomic mass is 19.1. The molecule has 23 heavy (non-hydrogen) atoms. The van der Waals surface area contributed by atoms with Crippen LogP contribution in [-0.2, 0) is 6.42 Å². The van der Waals surface area contributed by atoms with Crippen LogP contribution in [0, 0.1) is 11.7 Å². The molecule has 1 aliphatic carbocycles. The highest BCUT2D eigenvalue weighted by molar-refractivity contribution is 6.36. The molecule has 0 saturated carbocycles. The van der Waals surface area contributed by atoms with Gasteiger partial charge in [0.15, 0.2) is 11.6 Å². The first-order valence-corrected chi connectivity index (χ1v) is 7.51. The second-order valence-electron chi connectivity index (χ2n) is 5.61. The molecule has 0 heterocycles. The Hall–Kier alpha value is -2.62. The number of carbonyl (C=O) groups excluding carboxylic acids is 2. The third-order valence-corrected chi connectivity index (χ3v) is 4.08. The monoisotopic (exact) mass is 309 g/mol. The van der Waals surface area contributed by atoms with Crippen LogP contribution >= 0.6 is 0 Å². The van der Waals surface area contributed by atoms with E-state index in [0.717, 1.165) is 5.56 Å². The fourth-order valence-corrected chi connectivity index (χ4v) is 2.83. The summed E-state index contributed by atoms with van der Waals surface area (Å²) in [5.41, 5.74) is 2.47. The minimum atomic E-state index is -0.791. The molecule has 0 bridgehead atoms. The highest BCUT2D eigenvalue weighted by Crippen LogP contribution is 2.27. The lowest BCUT2D eigenvalue weighted by Gasteiger charge is -2.07. The lowest BCUT2D eigenvalue weighted by Crippen LogP contribution is -2.23.